The molecule has 18 heavy (non-hydrogen) atoms. The normalized spacial score (nSPS) is 24.7. The van der Waals surface area contributed by atoms with Gasteiger partial charge in [-0.1, -0.05) is 11.6 Å². The van der Waals surface area contributed by atoms with Gasteiger partial charge in [-0.05, 0) is 0 Å². The molecule has 5 nitrogen and oxygen atoms in total. The quantitative estimate of drug-likeness (QED) is 0.742. The molecule has 1 aliphatic rings. The summed E-state index contributed by atoms with van der Waals surface area (Å²) in [6.45, 7) is -0.0163. The number of aliphatic hydroxyl groups excluding tert-OH is 2. The van der Waals surface area contributed by atoms with Crippen molar-refractivity contribution in [1.82, 2.24) is 9.97 Å². The molecule has 0 radical (unpaired) electrons. The number of hydrogen-bond acceptors (Lipinski definition) is 5. The second-order valence-corrected chi connectivity index (χ2v) is 4.30. The number of halogens is 4. The smallest absolute Gasteiger partial charge is 0.389 e. The van der Waals surface area contributed by atoms with Crippen LogP contribution < -0.4 is 4.90 Å². The Balaban J connectivity index is 2.32. The minimum absolute atomic E-state index is 0.00813. The molecule has 1 aromatic heterocycles. The van der Waals surface area contributed by atoms with Gasteiger partial charge in [0.15, 0.2) is 0 Å². The fraction of sp³-hybridized carbons (Fsp3) is 0.556. The third-order valence-corrected chi connectivity index (χ3v) is 2.71. The van der Waals surface area contributed by atoms with Crippen LogP contribution in [0.4, 0.5) is 19.0 Å². The van der Waals surface area contributed by atoms with Gasteiger partial charge in [0.2, 0.25) is 5.82 Å². The number of alkyl halides is 3. The van der Waals surface area contributed by atoms with E-state index in [1.807, 2.05) is 0 Å². The zero-order valence-corrected chi connectivity index (χ0v) is 9.65. The van der Waals surface area contributed by atoms with Crippen LogP contribution in [0.25, 0.3) is 0 Å². The Bertz CT molecular complexity index is 447. The Hall–Kier alpha value is -1.12. The first-order valence-electron chi connectivity index (χ1n) is 5.00. The lowest BCUT2D eigenvalue weighted by Crippen LogP contribution is -2.24. The van der Waals surface area contributed by atoms with E-state index in [4.69, 9.17) is 11.6 Å². The monoisotopic (exact) mass is 283 g/mol. The lowest BCUT2D eigenvalue weighted by molar-refractivity contribution is -0.144. The van der Waals surface area contributed by atoms with E-state index in [1.165, 1.54) is 4.90 Å². The van der Waals surface area contributed by atoms with E-state index in [0.29, 0.717) is 0 Å². The van der Waals surface area contributed by atoms with Crippen molar-refractivity contribution in [3.05, 3.63) is 17.0 Å². The predicted octanol–water partition coefficient (Wildman–Crippen LogP) is 0.691. The molecular weight excluding hydrogens is 275 g/mol. The highest BCUT2D eigenvalue weighted by molar-refractivity contribution is 6.29. The SMILES string of the molecule is OC1CN(c2cc(Cl)nc(C(F)(F)F)n2)CC1O. The van der Waals surface area contributed by atoms with Crippen LogP contribution in [0, 0.1) is 0 Å². The van der Waals surface area contributed by atoms with E-state index in [9.17, 15) is 23.4 Å². The summed E-state index contributed by atoms with van der Waals surface area (Å²) in [6, 6.07) is 1.15. The number of rotatable bonds is 1. The molecule has 2 rings (SSSR count). The Labute approximate surface area is 105 Å². The van der Waals surface area contributed by atoms with Crippen molar-refractivity contribution in [2.75, 3.05) is 18.0 Å². The molecule has 0 aromatic carbocycles. The zero-order chi connectivity index (χ0) is 13.5. The van der Waals surface area contributed by atoms with Gasteiger partial charge in [0, 0.05) is 19.2 Å². The highest BCUT2D eigenvalue weighted by atomic mass is 35.5. The van der Waals surface area contributed by atoms with Gasteiger partial charge in [-0.15, -0.1) is 0 Å². The second kappa shape index (κ2) is 4.52. The highest BCUT2D eigenvalue weighted by Crippen LogP contribution is 2.30. The average molecular weight is 284 g/mol. The van der Waals surface area contributed by atoms with Crippen LogP contribution >= 0.6 is 11.6 Å². The molecule has 0 aliphatic carbocycles. The van der Waals surface area contributed by atoms with E-state index < -0.39 is 24.2 Å². The molecule has 0 bridgehead atoms. The van der Waals surface area contributed by atoms with Gasteiger partial charge in [0.1, 0.15) is 11.0 Å². The average Bonchev–Trinajstić information content (AvgIpc) is 2.57. The lowest BCUT2D eigenvalue weighted by Gasteiger charge is -2.17. The Morgan fingerprint density at radius 1 is 1.22 bits per heavy atom. The number of aliphatic hydroxyl groups is 2. The minimum atomic E-state index is -4.70. The second-order valence-electron chi connectivity index (χ2n) is 3.91. The standard InChI is InChI=1S/C9H9ClF3N3O2/c10-6-1-7(15-8(14-6)9(11,12)13)16-2-4(17)5(18)3-16/h1,4-5,17-18H,2-3H2. The molecular formula is C9H9ClF3N3O2. The zero-order valence-electron chi connectivity index (χ0n) is 8.89. The fourth-order valence-corrected chi connectivity index (χ4v) is 1.83. The van der Waals surface area contributed by atoms with Crippen molar-refractivity contribution in [3.8, 4) is 0 Å². The van der Waals surface area contributed by atoms with Gasteiger partial charge in [0.05, 0.1) is 12.2 Å². The number of aromatic nitrogens is 2. The van der Waals surface area contributed by atoms with E-state index in [1.54, 1.807) is 0 Å². The molecule has 0 spiro atoms. The first kappa shape index (κ1) is 13.3. The summed E-state index contributed by atoms with van der Waals surface area (Å²) in [4.78, 5) is 7.75. The van der Waals surface area contributed by atoms with E-state index in [0.717, 1.165) is 6.07 Å². The van der Waals surface area contributed by atoms with Crippen LogP contribution in [0.15, 0.2) is 6.07 Å². The molecule has 1 aromatic rings. The maximum absolute atomic E-state index is 12.5. The summed E-state index contributed by atoms with van der Waals surface area (Å²) >= 11 is 5.50. The van der Waals surface area contributed by atoms with Crippen LogP contribution in [0.2, 0.25) is 5.15 Å². The maximum Gasteiger partial charge on any atom is 0.451 e. The van der Waals surface area contributed by atoms with Crippen molar-refractivity contribution in [1.29, 1.82) is 0 Å². The summed E-state index contributed by atoms with van der Waals surface area (Å²) in [5.74, 6) is -1.42. The van der Waals surface area contributed by atoms with Crippen LogP contribution in [0.3, 0.4) is 0 Å². The first-order chi connectivity index (χ1) is 8.27. The molecule has 0 saturated carbocycles. The van der Waals surface area contributed by atoms with Crippen molar-refractivity contribution < 1.29 is 23.4 Å². The summed E-state index contributed by atoms with van der Waals surface area (Å²) in [7, 11) is 0. The van der Waals surface area contributed by atoms with Gasteiger partial charge in [-0.2, -0.15) is 13.2 Å². The molecule has 2 heterocycles. The Morgan fingerprint density at radius 2 is 1.78 bits per heavy atom. The fourth-order valence-electron chi connectivity index (χ4n) is 1.65. The number of hydrogen-bond donors (Lipinski definition) is 2. The molecule has 2 N–H and O–H groups in total. The summed E-state index contributed by atoms with van der Waals surface area (Å²) in [5.41, 5.74) is 0. The van der Waals surface area contributed by atoms with Gasteiger partial charge in [-0.3, -0.25) is 0 Å². The maximum atomic E-state index is 12.5. The van der Waals surface area contributed by atoms with Crippen LogP contribution in [0.1, 0.15) is 5.82 Å². The van der Waals surface area contributed by atoms with Crippen LogP contribution in [-0.2, 0) is 6.18 Å². The van der Waals surface area contributed by atoms with Crippen molar-refractivity contribution >= 4 is 17.4 Å². The Morgan fingerprint density at radius 3 is 2.28 bits per heavy atom. The predicted molar refractivity (Wildman–Crippen MR) is 56.3 cm³/mol. The van der Waals surface area contributed by atoms with Crippen molar-refractivity contribution in [2.45, 2.75) is 18.4 Å². The number of anilines is 1. The molecule has 1 saturated heterocycles. The molecule has 100 valence electrons. The van der Waals surface area contributed by atoms with Gasteiger partial charge < -0.3 is 15.1 Å². The van der Waals surface area contributed by atoms with Gasteiger partial charge in [0.25, 0.3) is 0 Å². The highest BCUT2D eigenvalue weighted by Gasteiger charge is 2.37. The largest absolute Gasteiger partial charge is 0.451 e. The summed E-state index contributed by atoms with van der Waals surface area (Å²) < 4.78 is 37.5. The summed E-state index contributed by atoms with van der Waals surface area (Å²) in [6.07, 6.45) is -6.74. The van der Waals surface area contributed by atoms with Gasteiger partial charge in [-0.25, -0.2) is 9.97 Å². The third-order valence-electron chi connectivity index (χ3n) is 2.52. The number of nitrogens with zero attached hydrogens (tertiary/aromatic N) is 3. The van der Waals surface area contributed by atoms with Crippen molar-refractivity contribution in [3.63, 3.8) is 0 Å². The van der Waals surface area contributed by atoms with Crippen molar-refractivity contribution in [2.24, 2.45) is 0 Å². The molecule has 2 atom stereocenters. The number of β-amino-alcohol motifs (C(OH)–C–C–N with tert-alkyl or cyclic N) is 2. The van der Waals surface area contributed by atoms with E-state index in [2.05, 4.69) is 9.97 Å². The lowest BCUT2D eigenvalue weighted by atomic mass is 10.3. The molecule has 1 fully saturated rings. The van der Waals surface area contributed by atoms with Crippen LogP contribution in [0.5, 0.6) is 0 Å². The van der Waals surface area contributed by atoms with E-state index >= 15 is 0 Å². The molecule has 0 amide bonds. The molecule has 9 heteroatoms. The summed E-state index contributed by atoms with van der Waals surface area (Å²) in [5, 5.41) is 18.3. The molecule has 1 aliphatic heterocycles. The van der Waals surface area contributed by atoms with Crippen LogP contribution in [-0.4, -0.2) is 45.5 Å². The topological polar surface area (TPSA) is 69.5 Å². The first-order valence-corrected chi connectivity index (χ1v) is 5.38. The Kier molecular flexibility index (Phi) is 3.35. The minimum Gasteiger partial charge on any atom is -0.389 e. The third kappa shape index (κ3) is 2.65. The molecule has 2 unspecified atom stereocenters. The van der Waals surface area contributed by atoms with Gasteiger partial charge >= 0.3 is 6.18 Å². The van der Waals surface area contributed by atoms with E-state index in [-0.39, 0.29) is 24.1 Å².